The quantitative estimate of drug-likeness (QED) is 0.0515. The van der Waals surface area contributed by atoms with E-state index in [1.54, 1.807) is 0 Å². The number of nitrogens with one attached hydrogen (secondary N) is 3. The predicted octanol–water partition coefficient (Wildman–Crippen LogP) is -1.95. The Labute approximate surface area is 283 Å². The van der Waals surface area contributed by atoms with Crippen molar-refractivity contribution in [1.82, 2.24) is 25.8 Å². The number of aliphatic carboxylic acids is 1. The van der Waals surface area contributed by atoms with Crippen molar-refractivity contribution in [1.29, 1.82) is 0 Å². The molecule has 2 aliphatic heterocycles. The van der Waals surface area contributed by atoms with Crippen molar-refractivity contribution in [2.45, 2.75) is 44.6 Å². The lowest BCUT2D eigenvalue weighted by atomic mass is 10.1. The number of carbonyl (C=O) groups is 8. The summed E-state index contributed by atoms with van der Waals surface area (Å²) in [6, 6.07) is -0.920. The zero-order chi connectivity index (χ0) is 35.9. The van der Waals surface area contributed by atoms with Crippen LogP contribution in [0.3, 0.4) is 0 Å². The molecule has 0 bridgehead atoms. The number of imide groups is 2. The van der Waals surface area contributed by atoms with Crippen molar-refractivity contribution < 1.29 is 62.4 Å². The van der Waals surface area contributed by atoms with Gasteiger partial charge in [0, 0.05) is 63.3 Å². The standard InChI is InChI=1S/C31H45N5O13/c37-24(8-13-35-26(39)4-5-27(35)40)32-11-2-1-3-23(34-25(38)9-14-36-28(41)6-7-29(36)42)31(45)33-12-16-47-18-20-49-22-21-48-19-17-46-15-10-30(43)44/h4-7,23H,1-3,8-22H2,(H,32,37)(H,33,45)(H,34,38)(H,43,44)/t23-/m0/s1. The van der Waals surface area contributed by atoms with Gasteiger partial charge in [-0.3, -0.25) is 48.2 Å². The lowest BCUT2D eigenvalue weighted by Crippen LogP contribution is -2.48. The molecule has 0 saturated heterocycles. The summed E-state index contributed by atoms with van der Waals surface area (Å²) in [6.45, 7) is 2.42. The van der Waals surface area contributed by atoms with E-state index in [2.05, 4.69) is 16.0 Å². The summed E-state index contributed by atoms with van der Waals surface area (Å²) >= 11 is 0. The molecule has 0 unspecified atom stereocenters. The molecule has 7 amide bonds. The molecule has 1 atom stereocenters. The average Bonchev–Trinajstić information content (AvgIpc) is 3.57. The van der Waals surface area contributed by atoms with Crippen molar-refractivity contribution in [2.75, 3.05) is 79.0 Å². The summed E-state index contributed by atoms with van der Waals surface area (Å²) in [4.78, 5) is 96.6. The smallest absolute Gasteiger partial charge is 0.305 e. The Morgan fingerprint density at radius 3 is 1.57 bits per heavy atom. The first-order valence-corrected chi connectivity index (χ1v) is 16.0. The lowest BCUT2D eigenvalue weighted by molar-refractivity contribution is -0.139. The third kappa shape index (κ3) is 17.4. The Hall–Kier alpha value is -4.52. The maximum Gasteiger partial charge on any atom is 0.305 e. The Morgan fingerprint density at radius 1 is 0.592 bits per heavy atom. The van der Waals surface area contributed by atoms with E-state index in [0.29, 0.717) is 39.3 Å². The zero-order valence-electron chi connectivity index (χ0n) is 27.4. The number of carboxylic acids is 1. The van der Waals surface area contributed by atoms with Crippen LogP contribution in [0.15, 0.2) is 24.3 Å². The SMILES string of the molecule is O=C(O)CCOCCOCCOCCOCCNC(=O)[C@H](CCCCNC(=O)CCN1C(=O)C=CC1=O)NC(=O)CCN1C(=O)C=CC1=O. The molecule has 4 N–H and O–H groups in total. The molecule has 0 spiro atoms. The largest absolute Gasteiger partial charge is 0.481 e. The molecule has 0 aromatic carbocycles. The first-order chi connectivity index (χ1) is 23.6. The van der Waals surface area contributed by atoms with Crippen LogP contribution in [0.5, 0.6) is 0 Å². The maximum absolute atomic E-state index is 12.9. The van der Waals surface area contributed by atoms with Gasteiger partial charge < -0.3 is 40.0 Å². The Bertz CT molecular complexity index is 1190. The summed E-state index contributed by atoms with van der Waals surface area (Å²) in [6.07, 6.45) is 5.40. The van der Waals surface area contributed by atoms with E-state index in [1.807, 2.05) is 0 Å². The van der Waals surface area contributed by atoms with Crippen molar-refractivity contribution in [2.24, 2.45) is 0 Å². The fourth-order valence-electron chi connectivity index (χ4n) is 4.35. The van der Waals surface area contributed by atoms with Crippen LogP contribution in [0.4, 0.5) is 0 Å². The monoisotopic (exact) mass is 695 g/mol. The van der Waals surface area contributed by atoms with E-state index in [9.17, 15) is 38.4 Å². The number of ether oxygens (including phenoxy) is 4. The third-order valence-corrected chi connectivity index (χ3v) is 6.94. The Morgan fingerprint density at radius 2 is 1.06 bits per heavy atom. The molecule has 18 heteroatoms. The fraction of sp³-hybridized carbons (Fsp3) is 0.613. The van der Waals surface area contributed by atoms with Gasteiger partial charge in [0.1, 0.15) is 6.04 Å². The van der Waals surface area contributed by atoms with Crippen LogP contribution in [0.25, 0.3) is 0 Å². The molecule has 0 aromatic heterocycles. The van der Waals surface area contributed by atoms with Crippen LogP contribution in [-0.4, -0.2) is 147 Å². The highest BCUT2D eigenvalue weighted by Crippen LogP contribution is 2.07. The third-order valence-electron chi connectivity index (χ3n) is 6.94. The minimum atomic E-state index is -0.924. The van der Waals surface area contributed by atoms with Gasteiger partial charge in [-0.2, -0.15) is 0 Å². The van der Waals surface area contributed by atoms with Gasteiger partial charge in [-0.25, -0.2) is 0 Å². The van der Waals surface area contributed by atoms with Crippen molar-refractivity contribution >= 4 is 47.3 Å². The molecule has 0 saturated carbocycles. The summed E-state index contributed by atoms with van der Waals surface area (Å²) in [5.41, 5.74) is 0. The Kier molecular flexibility index (Phi) is 19.7. The molecule has 49 heavy (non-hydrogen) atoms. The van der Waals surface area contributed by atoms with Crippen LogP contribution >= 0.6 is 0 Å². The highest BCUT2D eigenvalue weighted by Gasteiger charge is 2.26. The first-order valence-electron chi connectivity index (χ1n) is 16.0. The van der Waals surface area contributed by atoms with Crippen molar-refractivity contribution in [3.63, 3.8) is 0 Å². The molecule has 2 rings (SSSR count). The molecule has 0 fully saturated rings. The minimum absolute atomic E-state index is 0.0305. The average molecular weight is 696 g/mol. The van der Waals surface area contributed by atoms with Crippen molar-refractivity contribution in [3.05, 3.63) is 24.3 Å². The van der Waals surface area contributed by atoms with Gasteiger partial charge in [0.25, 0.3) is 23.6 Å². The van der Waals surface area contributed by atoms with Gasteiger partial charge >= 0.3 is 5.97 Å². The van der Waals surface area contributed by atoms with Crippen LogP contribution < -0.4 is 16.0 Å². The second-order valence-electron chi connectivity index (χ2n) is 10.7. The van der Waals surface area contributed by atoms with Crippen LogP contribution in [0, 0.1) is 0 Å². The van der Waals surface area contributed by atoms with E-state index in [4.69, 9.17) is 24.1 Å². The van der Waals surface area contributed by atoms with E-state index in [1.165, 1.54) is 0 Å². The molecule has 0 aromatic rings. The van der Waals surface area contributed by atoms with Crippen molar-refractivity contribution in [3.8, 4) is 0 Å². The first kappa shape index (κ1) is 40.7. The summed E-state index contributed by atoms with van der Waals surface area (Å²) in [7, 11) is 0. The molecule has 2 heterocycles. The predicted molar refractivity (Wildman–Crippen MR) is 168 cm³/mol. The van der Waals surface area contributed by atoms with Gasteiger partial charge in [-0.05, 0) is 19.3 Å². The minimum Gasteiger partial charge on any atom is -0.481 e. The number of rotatable bonds is 28. The summed E-state index contributed by atoms with van der Waals surface area (Å²) in [5.74, 6) is -4.20. The zero-order valence-corrected chi connectivity index (χ0v) is 27.4. The van der Waals surface area contributed by atoms with Gasteiger partial charge in [-0.1, -0.05) is 0 Å². The van der Waals surface area contributed by atoms with E-state index >= 15 is 0 Å². The highest BCUT2D eigenvalue weighted by atomic mass is 16.6. The van der Waals surface area contributed by atoms with E-state index in [-0.39, 0.29) is 84.2 Å². The van der Waals surface area contributed by atoms with Gasteiger partial charge in [0.2, 0.25) is 17.7 Å². The number of hydrogen-bond acceptors (Lipinski definition) is 12. The molecule has 0 aliphatic carbocycles. The number of hydrogen-bond donors (Lipinski definition) is 4. The molecule has 18 nitrogen and oxygen atoms in total. The van der Waals surface area contributed by atoms with E-state index < -0.39 is 47.5 Å². The maximum atomic E-state index is 12.9. The number of carboxylic acid groups (broad SMARTS) is 1. The number of nitrogens with zero attached hydrogens (tertiary/aromatic N) is 2. The molecular formula is C31H45N5O13. The van der Waals surface area contributed by atoms with Gasteiger partial charge in [0.05, 0.1) is 59.3 Å². The normalized spacial score (nSPS) is 14.5. The van der Waals surface area contributed by atoms with Gasteiger partial charge in [-0.15, -0.1) is 0 Å². The lowest BCUT2D eigenvalue weighted by Gasteiger charge is -2.20. The van der Waals surface area contributed by atoms with Crippen LogP contribution in [0.1, 0.15) is 38.5 Å². The molecule has 272 valence electrons. The van der Waals surface area contributed by atoms with Crippen LogP contribution in [-0.2, 0) is 57.3 Å². The molecule has 0 radical (unpaired) electrons. The highest BCUT2D eigenvalue weighted by molar-refractivity contribution is 6.13. The molecule has 2 aliphatic rings. The molecular weight excluding hydrogens is 650 g/mol. The Balaban J connectivity index is 1.63. The second kappa shape index (κ2) is 23.7. The number of amides is 7. The fourth-order valence-corrected chi connectivity index (χ4v) is 4.35. The van der Waals surface area contributed by atoms with E-state index in [0.717, 1.165) is 34.1 Å². The summed E-state index contributed by atoms with van der Waals surface area (Å²) < 4.78 is 21.3. The summed E-state index contributed by atoms with van der Waals surface area (Å²) in [5, 5.41) is 16.6. The second-order valence-corrected chi connectivity index (χ2v) is 10.7. The number of carbonyl (C=O) groups excluding carboxylic acids is 7. The topological polar surface area (TPSA) is 236 Å². The van der Waals surface area contributed by atoms with Crippen LogP contribution in [0.2, 0.25) is 0 Å². The van der Waals surface area contributed by atoms with Gasteiger partial charge in [0.15, 0.2) is 0 Å². The number of unbranched alkanes of at least 4 members (excludes halogenated alkanes) is 1.